The van der Waals surface area contributed by atoms with Crippen LogP contribution in [0, 0.1) is 0 Å². The largest absolute Gasteiger partial charge is 0.456 e. The van der Waals surface area contributed by atoms with E-state index in [1.165, 1.54) is 55.6 Å². The first-order chi connectivity index (χ1) is 29.0. The Labute approximate surface area is 343 Å². The molecule has 0 saturated carbocycles. The summed E-state index contributed by atoms with van der Waals surface area (Å²) >= 11 is 0. The van der Waals surface area contributed by atoms with Gasteiger partial charge in [-0.15, -0.1) is 0 Å². The van der Waals surface area contributed by atoms with Gasteiger partial charge in [0.1, 0.15) is 11.2 Å². The Morgan fingerprint density at radius 1 is 0.373 bits per heavy atom. The highest BCUT2D eigenvalue weighted by atomic mass is 16.3. The second-order valence-corrected chi connectivity index (χ2v) is 16.5. The first-order valence-corrected chi connectivity index (χ1v) is 20.4. The second-order valence-electron chi connectivity index (χ2n) is 16.5. The predicted molar refractivity (Wildman–Crippen MR) is 240 cm³/mol. The highest BCUT2D eigenvalue weighted by Crippen LogP contribution is 2.62. The molecule has 59 heavy (non-hydrogen) atoms. The Hall–Kier alpha value is -7.36. The van der Waals surface area contributed by atoms with Gasteiger partial charge in [0.05, 0.1) is 16.8 Å². The van der Waals surface area contributed by atoms with Gasteiger partial charge >= 0.3 is 0 Å². The third kappa shape index (κ3) is 4.82. The van der Waals surface area contributed by atoms with Gasteiger partial charge < -0.3 is 4.42 Å². The number of benzene rings is 8. The molecule has 2 aromatic heterocycles. The van der Waals surface area contributed by atoms with Gasteiger partial charge in [0, 0.05) is 32.9 Å². The summed E-state index contributed by atoms with van der Waals surface area (Å²) in [5.41, 5.74) is 18.5. The summed E-state index contributed by atoms with van der Waals surface area (Å²) < 4.78 is 6.96. The molecular formula is C56H38N2O. The van der Waals surface area contributed by atoms with Crippen molar-refractivity contribution in [1.82, 2.24) is 9.97 Å². The molecular weight excluding hydrogens is 717 g/mol. The third-order valence-corrected chi connectivity index (χ3v) is 13.0. The molecule has 278 valence electrons. The van der Waals surface area contributed by atoms with Crippen LogP contribution in [0.1, 0.15) is 47.2 Å². The van der Waals surface area contributed by atoms with E-state index in [0.29, 0.717) is 5.82 Å². The van der Waals surface area contributed by atoms with Crippen LogP contribution in [0.5, 0.6) is 0 Å². The molecule has 0 saturated heterocycles. The number of aromatic nitrogens is 2. The fraction of sp³-hybridized carbons (Fsp3) is 0.0714. The minimum Gasteiger partial charge on any atom is -0.456 e. The number of nitrogens with zero attached hydrogens (tertiary/aromatic N) is 2. The Balaban J connectivity index is 1.10. The maximum absolute atomic E-state index is 6.96. The molecule has 0 bridgehead atoms. The first-order valence-electron chi connectivity index (χ1n) is 20.4. The third-order valence-electron chi connectivity index (χ3n) is 13.0. The van der Waals surface area contributed by atoms with Gasteiger partial charge in [-0.1, -0.05) is 184 Å². The fourth-order valence-corrected chi connectivity index (χ4v) is 10.3. The maximum Gasteiger partial charge on any atom is 0.160 e. The molecule has 2 aliphatic rings. The molecule has 3 nitrogen and oxygen atoms in total. The SMILES string of the molecule is CC1(C)c2ccccc2C2(c3ccccc3-c3ccccc32)c2cc3oc4cccc(-c5cc(-c6ccc(-c7ccccc7)cc6)nc(-c6ccccc6)n5)c4c3cc21. The Bertz CT molecular complexity index is 3240. The van der Waals surface area contributed by atoms with E-state index in [2.05, 4.69) is 184 Å². The Morgan fingerprint density at radius 2 is 0.915 bits per heavy atom. The van der Waals surface area contributed by atoms with Crippen LogP contribution in [0.15, 0.2) is 199 Å². The molecule has 0 radical (unpaired) electrons. The van der Waals surface area contributed by atoms with Gasteiger partial charge in [-0.3, -0.25) is 0 Å². The molecule has 12 rings (SSSR count). The molecule has 0 atom stereocenters. The van der Waals surface area contributed by atoms with E-state index in [1.54, 1.807) is 0 Å². The molecule has 0 aliphatic heterocycles. The quantitative estimate of drug-likeness (QED) is 0.180. The maximum atomic E-state index is 6.96. The van der Waals surface area contributed by atoms with E-state index < -0.39 is 5.41 Å². The van der Waals surface area contributed by atoms with Gasteiger partial charge in [-0.05, 0) is 79.9 Å². The van der Waals surface area contributed by atoms with Gasteiger partial charge in [-0.2, -0.15) is 0 Å². The van der Waals surface area contributed by atoms with Crippen molar-refractivity contribution in [2.24, 2.45) is 0 Å². The molecule has 0 amide bonds. The lowest BCUT2D eigenvalue weighted by molar-refractivity contribution is 0.562. The van der Waals surface area contributed by atoms with Crippen molar-refractivity contribution in [3.8, 4) is 56.2 Å². The predicted octanol–water partition coefficient (Wildman–Crippen LogP) is 14.0. The number of furan rings is 1. The monoisotopic (exact) mass is 754 g/mol. The zero-order valence-corrected chi connectivity index (χ0v) is 32.8. The summed E-state index contributed by atoms with van der Waals surface area (Å²) in [5.74, 6) is 0.686. The van der Waals surface area contributed by atoms with Gasteiger partial charge in [0.25, 0.3) is 0 Å². The first kappa shape index (κ1) is 33.7. The summed E-state index contributed by atoms with van der Waals surface area (Å²) in [7, 11) is 0. The van der Waals surface area contributed by atoms with Crippen LogP contribution in [0.3, 0.4) is 0 Å². The zero-order chi connectivity index (χ0) is 39.3. The van der Waals surface area contributed by atoms with E-state index in [4.69, 9.17) is 14.4 Å². The number of fused-ring (bicyclic) bond motifs is 12. The molecule has 2 aliphatic carbocycles. The van der Waals surface area contributed by atoms with Crippen LogP contribution in [-0.2, 0) is 10.8 Å². The molecule has 1 spiro atoms. The van der Waals surface area contributed by atoms with E-state index in [9.17, 15) is 0 Å². The highest BCUT2D eigenvalue weighted by molar-refractivity contribution is 6.13. The lowest BCUT2D eigenvalue weighted by atomic mass is 9.55. The molecule has 0 fully saturated rings. The van der Waals surface area contributed by atoms with E-state index in [0.717, 1.165) is 50.0 Å². The molecule has 0 N–H and O–H groups in total. The summed E-state index contributed by atoms with van der Waals surface area (Å²) in [6.45, 7) is 4.76. The lowest BCUT2D eigenvalue weighted by Crippen LogP contribution is -2.40. The van der Waals surface area contributed by atoms with Crippen molar-refractivity contribution >= 4 is 21.9 Å². The fourth-order valence-electron chi connectivity index (χ4n) is 10.3. The van der Waals surface area contributed by atoms with Crippen LogP contribution in [0.4, 0.5) is 0 Å². The van der Waals surface area contributed by atoms with E-state index in [1.807, 2.05) is 24.3 Å². The smallest absolute Gasteiger partial charge is 0.160 e. The van der Waals surface area contributed by atoms with E-state index >= 15 is 0 Å². The van der Waals surface area contributed by atoms with Crippen molar-refractivity contribution in [1.29, 1.82) is 0 Å². The van der Waals surface area contributed by atoms with Crippen molar-refractivity contribution < 1.29 is 4.42 Å². The summed E-state index contributed by atoms with van der Waals surface area (Å²) in [5, 5.41) is 2.15. The molecule has 2 heterocycles. The Morgan fingerprint density at radius 3 is 1.61 bits per heavy atom. The average Bonchev–Trinajstić information content (AvgIpc) is 3.82. The number of hydrogen-bond acceptors (Lipinski definition) is 3. The minimum atomic E-state index is -0.493. The van der Waals surface area contributed by atoms with Crippen molar-refractivity contribution in [2.75, 3.05) is 0 Å². The van der Waals surface area contributed by atoms with Crippen molar-refractivity contribution in [3.63, 3.8) is 0 Å². The van der Waals surface area contributed by atoms with Crippen LogP contribution in [-0.4, -0.2) is 9.97 Å². The summed E-state index contributed by atoms with van der Waals surface area (Å²) in [4.78, 5) is 10.5. The zero-order valence-electron chi connectivity index (χ0n) is 32.8. The van der Waals surface area contributed by atoms with Crippen LogP contribution in [0.25, 0.3) is 78.1 Å². The van der Waals surface area contributed by atoms with Crippen molar-refractivity contribution in [2.45, 2.75) is 24.7 Å². The number of hydrogen-bond donors (Lipinski definition) is 0. The highest BCUT2D eigenvalue weighted by Gasteiger charge is 2.53. The summed E-state index contributed by atoms with van der Waals surface area (Å²) in [6.07, 6.45) is 0. The van der Waals surface area contributed by atoms with Gasteiger partial charge in [-0.25, -0.2) is 9.97 Å². The average molecular weight is 755 g/mol. The molecule has 8 aromatic carbocycles. The molecule has 3 heteroatoms. The van der Waals surface area contributed by atoms with E-state index in [-0.39, 0.29) is 5.41 Å². The van der Waals surface area contributed by atoms with Crippen LogP contribution < -0.4 is 0 Å². The van der Waals surface area contributed by atoms with Gasteiger partial charge in [0.15, 0.2) is 5.82 Å². The summed E-state index contributed by atoms with van der Waals surface area (Å²) in [6, 6.07) is 69.8. The lowest BCUT2D eigenvalue weighted by Gasteiger charge is -2.46. The standard InChI is InChI=1S/C56H38N2O/c1-55(2)45-25-13-14-26-46(45)56(43-23-11-9-20-39(43)40-21-10-12-24-44(40)56)48-33-52-42(32-47(48)55)53-41(22-15-27-51(53)59-52)50-34-49(57-54(58-50)38-18-7-4-8-19-38)37-30-28-36(29-31-37)35-16-5-3-6-17-35/h3-34H,1-2H3. The van der Waals surface area contributed by atoms with Crippen LogP contribution in [0.2, 0.25) is 0 Å². The Kier molecular flexibility index (Phi) is 7.19. The normalized spacial score (nSPS) is 14.2. The van der Waals surface area contributed by atoms with Gasteiger partial charge in [0.2, 0.25) is 0 Å². The molecule has 0 unspecified atom stereocenters. The van der Waals surface area contributed by atoms with Crippen molar-refractivity contribution in [3.05, 3.63) is 228 Å². The van der Waals surface area contributed by atoms with Crippen LogP contribution >= 0.6 is 0 Å². The molecule has 10 aromatic rings. The minimum absolute atomic E-state index is 0.287. The topological polar surface area (TPSA) is 38.9 Å². The second kappa shape index (κ2) is 12.6. The number of rotatable bonds is 4.